The van der Waals surface area contributed by atoms with E-state index < -0.39 is 25.8 Å². The second kappa shape index (κ2) is 3.65. The Hall–Kier alpha value is -0.580. The highest BCUT2D eigenvalue weighted by Crippen LogP contribution is 2.23. The van der Waals surface area contributed by atoms with E-state index in [1.165, 1.54) is 20.8 Å². The number of rotatable bonds is 4. The van der Waals surface area contributed by atoms with Crippen molar-refractivity contribution in [3.8, 4) is 0 Å². The fraction of sp³-hybridized carbons (Fsp3) is 0.875. The standard InChI is InChI=1S/C8H16O4S/c1-5-6(2)13(11,12)8(3,4)7(9)10/h6H,5H2,1-4H3,(H,9,10)/t6-/m0/s1. The van der Waals surface area contributed by atoms with E-state index in [0.717, 1.165) is 0 Å². The van der Waals surface area contributed by atoms with Gasteiger partial charge in [-0.1, -0.05) is 6.92 Å². The molecular formula is C8H16O4S. The summed E-state index contributed by atoms with van der Waals surface area (Å²) in [6.45, 7) is 5.69. The second-order valence-corrected chi connectivity index (χ2v) is 6.49. The van der Waals surface area contributed by atoms with Crippen molar-refractivity contribution in [1.82, 2.24) is 0 Å². The summed E-state index contributed by atoms with van der Waals surface area (Å²) in [6.07, 6.45) is 0.430. The van der Waals surface area contributed by atoms with Crippen LogP contribution in [0.4, 0.5) is 0 Å². The zero-order chi connectivity index (χ0) is 10.9. The fourth-order valence-electron chi connectivity index (χ4n) is 0.844. The lowest BCUT2D eigenvalue weighted by Gasteiger charge is -2.23. The topological polar surface area (TPSA) is 71.4 Å². The van der Waals surface area contributed by atoms with Gasteiger partial charge in [0, 0.05) is 0 Å². The molecule has 0 saturated heterocycles. The summed E-state index contributed by atoms with van der Waals surface area (Å²) >= 11 is 0. The Balaban J connectivity index is 5.17. The number of hydrogen-bond donors (Lipinski definition) is 1. The van der Waals surface area contributed by atoms with Gasteiger partial charge in [-0.2, -0.15) is 0 Å². The average Bonchev–Trinajstić information content (AvgIpc) is 2.02. The summed E-state index contributed by atoms with van der Waals surface area (Å²) in [4.78, 5) is 10.7. The lowest BCUT2D eigenvalue weighted by Crippen LogP contribution is -2.44. The van der Waals surface area contributed by atoms with Crippen molar-refractivity contribution in [3.05, 3.63) is 0 Å². The van der Waals surface area contributed by atoms with Crippen molar-refractivity contribution in [2.75, 3.05) is 0 Å². The van der Waals surface area contributed by atoms with E-state index in [1.54, 1.807) is 6.92 Å². The van der Waals surface area contributed by atoms with Gasteiger partial charge in [0.15, 0.2) is 14.6 Å². The van der Waals surface area contributed by atoms with Crippen molar-refractivity contribution in [2.45, 2.75) is 44.1 Å². The smallest absolute Gasteiger partial charge is 0.324 e. The fourth-order valence-corrected chi connectivity index (χ4v) is 2.53. The molecular weight excluding hydrogens is 192 g/mol. The number of hydrogen-bond acceptors (Lipinski definition) is 3. The number of carboxylic acid groups (broad SMARTS) is 1. The van der Waals surface area contributed by atoms with Crippen LogP contribution in [0.3, 0.4) is 0 Å². The molecule has 0 aromatic heterocycles. The Morgan fingerprint density at radius 2 is 1.85 bits per heavy atom. The van der Waals surface area contributed by atoms with Gasteiger partial charge in [-0.05, 0) is 27.2 Å². The predicted molar refractivity (Wildman–Crippen MR) is 50.4 cm³/mol. The number of carbonyl (C=O) groups is 1. The van der Waals surface area contributed by atoms with E-state index in [4.69, 9.17) is 5.11 Å². The summed E-state index contributed by atoms with van der Waals surface area (Å²) < 4.78 is 21.6. The second-order valence-electron chi connectivity index (χ2n) is 3.58. The largest absolute Gasteiger partial charge is 0.480 e. The van der Waals surface area contributed by atoms with Crippen LogP contribution in [-0.4, -0.2) is 29.5 Å². The van der Waals surface area contributed by atoms with E-state index in [9.17, 15) is 13.2 Å². The molecule has 0 bridgehead atoms. The van der Waals surface area contributed by atoms with E-state index >= 15 is 0 Å². The Bertz CT molecular complexity index is 289. The molecule has 1 atom stereocenters. The lowest BCUT2D eigenvalue weighted by molar-refractivity contribution is -0.139. The van der Waals surface area contributed by atoms with E-state index in [1.807, 2.05) is 0 Å². The molecule has 78 valence electrons. The molecule has 1 N–H and O–H groups in total. The van der Waals surface area contributed by atoms with Gasteiger partial charge in [0.25, 0.3) is 0 Å². The van der Waals surface area contributed by atoms with Crippen LogP contribution in [0.25, 0.3) is 0 Å². The molecule has 0 aromatic rings. The normalized spacial score (nSPS) is 15.4. The first-order chi connectivity index (χ1) is 5.67. The number of aliphatic carboxylic acids is 1. The van der Waals surface area contributed by atoms with Gasteiger partial charge in [-0.15, -0.1) is 0 Å². The third kappa shape index (κ3) is 2.02. The Morgan fingerprint density at radius 1 is 1.46 bits per heavy atom. The first-order valence-corrected chi connectivity index (χ1v) is 5.69. The van der Waals surface area contributed by atoms with Crippen LogP contribution in [0.1, 0.15) is 34.1 Å². The highest BCUT2D eigenvalue weighted by molar-refractivity contribution is 7.94. The zero-order valence-electron chi connectivity index (χ0n) is 8.36. The summed E-state index contributed by atoms with van der Waals surface area (Å²) in [5, 5.41) is 8.13. The molecule has 0 radical (unpaired) electrons. The van der Waals surface area contributed by atoms with Crippen LogP contribution < -0.4 is 0 Å². The third-order valence-electron chi connectivity index (χ3n) is 2.33. The van der Waals surface area contributed by atoms with Gasteiger partial charge in [-0.3, -0.25) is 4.79 Å². The van der Waals surface area contributed by atoms with E-state index in [2.05, 4.69) is 0 Å². The van der Waals surface area contributed by atoms with Gasteiger partial charge in [0.05, 0.1) is 5.25 Å². The van der Waals surface area contributed by atoms with Crippen LogP contribution in [0.2, 0.25) is 0 Å². The zero-order valence-corrected chi connectivity index (χ0v) is 9.18. The summed E-state index contributed by atoms with van der Waals surface area (Å²) in [5.74, 6) is -1.30. The molecule has 0 unspecified atom stereocenters. The van der Waals surface area contributed by atoms with Crippen LogP contribution >= 0.6 is 0 Å². The van der Waals surface area contributed by atoms with E-state index in [-0.39, 0.29) is 0 Å². The maximum Gasteiger partial charge on any atom is 0.324 e. The molecule has 0 spiro atoms. The van der Waals surface area contributed by atoms with Crippen molar-refractivity contribution in [1.29, 1.82) is 0 Å². The molecule has 4 nitrogen and oxygen atoms in total. The Kier molecular flexibility index (Phi) is 3.49. The van der Waals surface area contributed by atoms with Crippen molar-refractivity contribution >= 4 is 15.8 Å². The molecule has 0 saturated carbocycles. The monoisotopic (exact) mass is 208 g/mol. The van der Waals surface area contributed by atoms with Gasteiger partial charge in [-0.25, -0.2) is 8.42 Å². The van der Waals surface area contributed by atoms with Crippen LogP contribution in [0, 0.1) is 0 Å². The van der Waals surface area contributed by atoms with Crippen LogP contribution in [-0.2, 0) is 14.6 Å². The molecule has 0 amide bonds. The quantitative estimate of drug-likeness (QED) is 0.750. The minimum atomic E-state index is -3.59. The summed E-state index contributed by atoms with van der Waals surface area (Å²) in [5.41, 5.74) is 0. The minimum Gasteiger partial charge on any atom is -0.480 e. The van der Waals surface area contributed by atoms with Crippen molar-refractivity contribution in [2.24, 2.45) is 0 Å². The van der Waals surface area contributed by atoms with Crippen molar-refractivity contribution < 1.29 is 18.3 Å². The van der Waals surface area contributed by atoms with Crippen LogP contribution in [0.5, 0.6) is 0 Å². The third-order valence-corrected chi connectivity index (χ3v) is 5.32. The number of carboxylic acids is 1. The molecule has 0 aliphatic heterocycles. The first-order valence-electron chi connectivity index (χ1n) is 4.14. The van der Waals surface area contributed by atoms with Gasteiger partial charge >= 0.3 is 5.97 Å². The SMILES string of the molecule is CC[C@H](C)S(=O)(=O)C(C)(C)C(=O)O. The molecule has 0 fully saturated rings. The van der Waals surface area contributed by atoms with Crippen LogP contribution in [0.15, 0.2) is 0 Å². The highest BCUT2D eigenvalue weighted by atomic mass is 32.2. The summed E-state index contributed by atoms with van der Waals surface area (Å²) in [6, 6.07) is 0. The Labute approximate surface area is 78.9 Å². The Morgan fingerprint density at radius 3 is 2.08 bits per heavy atom. The molecule has 13 heavy (non-hydrogen) atoms. The average molecular weight is 208 g/mol. The maximum atomic E-state index is 11.6. The van der Waals surface area contributed by atoms with Gasteiger partial charge in [0.2, 0.25) is 0 Å². The predicted octanol–water partition coefficient (Wildman–Crippen LogP) is 1.06. The molecule has 0 aliphatic rings. The van der Waals surface area contributed by atoms with Gasteiger partial charge in [0.1, 0.15) is 0 Å². The van der Waals surface area contributed by atoms with E-state index in [0.29, 0.717) is 6.42 Å². The molecule has 0 rings (SSSR count). The first kappa shape index (κ1) is 12.4. The molecule has 0 aliphatic carbocycles. The maximum absolute atomic E-state index is 11.6. The summed E-state index contributed by atoms with van der Waals surface area (Å²) in [7, 11) is -3.59. The molecule has 0 aromatic carbocycles. The number of sulfone groups is 1. The van der Waals surface area contributed by atoms with Crippen molar-refractivity contribution in [3.63, 3.8) is 0 Å². The highest BCUT2D eigenvalue weighted by Gasteiger charge is 2.44. The molecule has 0 heterocycles. The molecule has 5 heteroatoms. The van der Waals surface area contributed by atoms with Gasteiger partial charge < -0.3 is 5.11 Å². The minimum absolute atomic E-state index is 0.430. The lowest BCUT2D eigenvalue weighted by atomic mass is 10.2.